The molecule has 0 amide bonds. The Labute approximate surface area is 117 Å². The Morgan fingerprint density at radius 1 is 1.35 bits per heavy atom. The third kappa shape index (κ3) is 3.24. The first kappa shape index (κ1) is 14.7. The molecule has 8 nitrogen and oxygen atoms in total. The Morgan fingerprint density at radius 2 is 2.15 bits per heavy atom. The molecule has 0 bridgehead atoms. The summed E-state index contributed by atoms with van der Waals surface area (Å²) in [6.45, 7) is 2.34. The number of aryl methyl sites for hydroxylation is 1. The summed E-state index contributed by atoms with van der Waals surface area (Å²) in [7, 11) is -1.94. The minimum absolute atomic E-state index is 0.000344. The number of aromatic amines is 1. The van der Waals surface area contributed by atoms with Gasteiger partial charge < -0.3 is 9.73 Å². The monoisotopic (exact) mass is 299 g/mol. The predicted molar refractivity (Wildman–Crippen MR) is 71.3 cm³/mol. The van der Waals surface area contributed by atoms with Gasteiger partial charge in [-0.2, -0.15) is 5.10 Å². The molecule has 0 aliphatic carbocycles. The van der Waals surface area contributed by atoms with Gasteiger partial charge in [0.25, 0.3) is 10.0 Å². The van der Waals surface area contributed by atoms with Crippen molar-refractivity contribution in [3.05, 3.63) is 29.6 Å². The molecule has 9 heteroatoms. The van der Waals surface area contributed by atoms with Crippen molar-refractivity contribution in [1.82, 2.24) is 25.2 Å². The van der Waals surface area contributed by atoms with E-state index < -0.39 is 10.0 Å². The molecular weight excluding hydrogens is 282 g/mol. The largest absolute Gasteiger partial charge is 0.444 e. The summed E-state index contributed by atoms with van der Waals surface area (Å²) in [5, 5.41) is 9.18. The van der Waals surface area contributed by atoms with E-state index in [0.717, 1.165) is 5.76 Å². The van der Waals surface area contributed by atoms with Crippen molar-refractivity contribution in [2.75, 3.05) is 7.05 Å². The molecular formula is C11H17N5O3S. The van der Waals surface area contributed by atoms with Gasteiger partial charge in [0.2, 0.25) is 5.89 Å². The fourth-order valence-electron chi connectivity index (χ4n) is 1.67. The second-order valence-electron chi connectivity index (χ2n) is 4.15. The number of hydrogen-bond donors (Lipinski definition) is 3. The second kappa shape index (κ2) is 6.16. The van der Waals surface area contributed by atoms with Crippen molar-refractivity contribution in [3.63, 3.8) is 0 Å². The molecule has 0 fully saturated rings. The third-order valence-electron chi connectivity index (χ3n) is 2.68. The van der Waals surface area contributed by atoms with Gasteiger partial charge in [-0.1, -0.05) is 6.92 Å². The molecule has 0 aromatic carbocycles. The normalized spacial score (nSPS) is 11.9. The highest BCUT2D eigenvalue weighted by Crippen LogP contribution is 2.12. The lowest BCUT2D eigenvalue weighted by Crippen LogP contribution is -2.25. The van der Waals surface area contributed by atoms with E-state index in [1.165, 1.54) is 6.20 Å². The summed E-state index contributed by atoms with van der Waals surface area (Å²) in [6.07, 6.45) is 3.78. The third-order valence-corrected chi connectivity index (χ3v) is 4.09. The number of oxazole rings is 1. The van der Waals surface area contributed by atoms with Gasteiger partial charge in [0.1, 0.15) is 5.76 Å². The SMILES string of the molecule is CCc1cnc(CNS(=O)(=O)c2[nH]ncc2CNC)o1. The zero-order chi connectivity index (χ0) is 14.6. The maximum Gasteiger partial charge on any atom is 0.258 e. The number of aromatic nitrogens is 3. The van der Waals surface area contributed by atoms with Crippen LogP contribution in [0.5, 0.6) is 0 Å². The van der Waals surface area contributed by atoms with E-state index in [-0.39, 0.29) is 11.6 Å². The van der Waals surface area contributed by atoms with Crippen LogP contribution in [0.4, 0.5) is 0 Å². The van der Waals surface area contributed by atoms with E-state index >= 15 is 0 Å². The number of H-pyrrole nitrogens is 1. The van der Waals surface area contributed by atoms with E-state index in [4.69, 9.17) is 4.42 Å². The average molecular weight is 299 g/mol. The summed E-state index contributed by atoms with van der Waals surface area (Å²) in [5.74, 6) is 1.05. The quantitative estimate of drug-likeness (QED) is 0.671. The van der Waals surface area contributed by atoms with Crippen LogP contribution in [0.3, 0.4) is 0 Å². The molecule has 2 heterocycles. The van der Waals surface area contributed by atoms with Gasteiger partial charge in [-0.05, 0) is 7.05 Å². The van der Waals surface area contributed by atoms with Gasteiger partial charge in [-0.3, -0.25) is 5.10 Å². The summed E-state index contributed by atoms with van der Waals surface area (Å²) in [4.78, 5) is 4.00. The highest BCUT2D eigenvalue weighted by Gasteiger charge is 2.21. The summed E-state index contributed by atoms with van der Waals surface area (Å²) < 4.78 is 32.1. The van der Waals surface area contributed by atoms with Crippen molar-refractivity contribution >= 4 is 10.0 Å². The van der Waals surface area contributed by atoms with Gasteiger partial charge in [-0.15, -0.1) is 0 Å². The topological polar surface area (TPSA) is 113 Å². The Hall–Kier alpha value is -1.71. The first-order valence-electron chi connectivity index (χ1n) is 6.17. The number of nitrogens with one attached hydrogen (secondary N) is 3. The molecule has 0 aliphatic rings. The Balaban J connectivity index is 2.08. The summed E-state index contributed by atoms with van der Waals surface area (Å²) in [5.41, 5.74) is 0.571. The second-order valence-corrected chi connectivity index (χ2v) is 5.86. The fourth-order valence-corrected chi connectivity index (χ4v) is 2.77. The van der Waals surface area contributed by atoms with Gasteiger partial charge in [0.05, 0.1) is 18.9 Å². The lowest BCUT2D eigenvalue weighted by Gasteiger charge is -2.05. The number of nitrogens with zero attached hydrogens (tertiary/aromatic N) is 2. The van der Waals surface area contributed by atoms with Crippen LogP contribution in [-0.2, 0) is 29.5 Å². The molecule has 0 aliphatic heterocycles. The number of sulfonamides is 1. The lowest BCUT2D eigenvalue weighted by atomic mass is 10.4. The molecule has 2 rings (SSSR count). The van der Waals surface area contributed by atoms with Crippen LogP contribution in [0.15, 0.2) is 21.8 Å². The molecule has 20 heavy (non-hydrogen) atoms. The molecule has 0 unspecified atom stereocenters. The maximum absolute atomic E-state index is 12.2. The van der Waals surface area contributed by atoms with Gasteiger partial charge in [-0.25, -0.2) is 18.1 Å². The molecule has 0 atom stereocenters. The van der Waals surface area contributed by atoms with Crippen LogP contribution in [0.1, 0.15) is 24.1 Å². The zero-order valence-corrected chi connectivity index (χ0v) is 12.1. The first-order chi connectivity index (χ1) is 9.56. The van der Waals surface area contributed by atoms with Gasteiger partial charge >= 0.3 is 0 Å². The molecule has 2 aromatic rings. The molecule has 3 N–H and O–H groups in total. The van der Waals surface area contributed by atoms with E-state index in [1.54, 1.807) is 13.2 Å². The molecule has 0 saturated heterocycles. The molecule has 0 radical (unpaired) electrons. The summed E-state index contributed by atoms with van der Waals surface area (Å²) in [6, 6.07) is 0. The Bertz CT molecular complexity index is 661. The maximum atomic E-state index is 12.2. The minimum atomic E-state index is -3.67. The van der Waals surface area contributed by atoms with Crippen LogP contribution < -0.4 is 10.0 Å². The van der Waals surface area contributed by atoms with E-state index in [9.17, 15) is 8.42 Å². The molecule has 0 saturated carbocycles. The average Bonchev–Trinajstić information content (AvgIpc) is 3.05. The molecule has 0 spiro atoms. The summed E-state index contributed by atoms with van der Waals surface area (Å²) >= 11 is 0. The van der Waals surface area contributed by atoms with Crippen molar-refractivity contribution in [3.8, 4) is 0 Å². The van der Waals surface area contributed by atoms with Crippen molar-refractivity contribution in [2.24, 2.45) is 0 Å². The smallest absolute Gasteiger partial charge is 0.258 e. The van der Waals surface area contributed by atoms with Crippen molar-refractivity contribution in [1.29, 1.82) is 0 Å². The van der Waals surface area contributed by atoms with Crippen LogP contribution in [0.2, 0.25) is 0 Å². The zero-order valence-electron chi connectivity index (χ0n) is 11.3. The standard InChI is InChI=1S/C11H17N5O3S/c1-3-9-6-13-10(19-9)7-15-20(17,18)11-8(4-12-2)5-14-16-11/h5-6,12,15H,3-4,7H2,1-2H3,(H,14,16). The van der Waals surface area contributed by atoms with Crippen LogP contribution in [0, 0.1) is 0 Å². The van der Waals surface area contributed by atoms with Crippen LogP contribution >= 0.6 is 0 Å². The van der Waals surface area contributed by atoms with E-state index in [2.05, 4.69) is 25.2 Å². The van der Waals surface area contributed by atoms with Crippen LogP contribution in [-0.4, -0.2) is 30.6 Å². The predicted octanol–water partition coefficient (Wildman–Crippen LogP) is 0.158. The van der Waals surface area contributed by atoms with Gasteiger partial charge in [0, 0.05) is 18.5 Å². The van der Waals surface area contributed by atoms with Crippen molar-refractivity contribution in [2.45, 2.75) is 31.5 Å². The van der Waals surface area contributed by atoms with Crippen molar-refractivity contribution < 1.29 is 12.8 Å². The Morgan fingerprint density at radius 3 is 2.80 bits per heavy atom. The van der Waals surface area contributed by atoms with Crippen LogP contribution in [0.25, 0.3) is 0 Å². The minimum Gasteiger partial charge on any atom is -0.444 e. The number of rotatable bonds is 7. The molecule has 2 aromatic heterocycles. The highest BCUT2D eigenvalue weighted by molar-refractivity contribution is 7.89. The fraction of sp³-hybridized carbons (Fsp3) is 0.455. The lowest BCUT2D eigenvalue weighted by molar-refractivity contribution is 0.452. The van der Waals surface area contributed by atoms with E-state index in [0.29, 0.717) is 24.4 Å². The van der Waals surface area contributed by atoms with Gasteiger partial charge in [0.15, 0.2) is 5.03 Å². The van der Waals surface area contributed by atoms with E-state index in [1.807, 2.05) is 6.92 Å². The highest BCUT2D eigenvalue weighted by atomic mass is 32.2. The number of hydrogen-bond acceptors (Lipinski definition) is 6. The first-order valence-corrected chi connectivity index (χ1v) is 7.65. The Kier molecular flexibility index (Phi) is 4.53. The molecule has 110 valence electrons.